The molecule has 86 valence electrons. The second-order valence-electron chi connectivity index (χ2n) is 3.54. The fraction of sp³-hybridized carbons (Fsp3) is 0.500. The van der Waals surface area contributed by atoms with Gasteiger partial charge in [0.25, 0.3) is 0 Å². The molecule has 0 saturated heterocycles. The number of aromatic nitrogens is 4. The van der Waals surface area contributed by atoms with E-state index in [-0.39, 0.29) is 12.5 Å². The van der Waals surface area contributed by atoms with Crippen molar-refractivity contribution in [3.05, 3.63) is 11.9 Å². The monoisotopic (exact) mass is 222 g/mol. The lowest BCUT2D eigenvalue weighted by Crippen LogP contribution is -2.12. The van der Waals surface area contributed by atoms with Crippen molar-refractivity contribution in [2.75, 3.05) is 7.11 Å². The van der Waals surface area contributed by atoms with Crippen molar-refractivity contribution in [2.24, 2.45) is 0 Å². The molecule has 0 unspecified atom stereocenters. The summed E-state index contributed by atoms with van der Waals surface area (Å²) >= 11 is 0. The summed E-state index contributed by atoms with van der Waals surface area (Å²) in [5, 5.41) is 8.63. The first-order valence-corrected chi connectivity index (χ1v) is 5.13. The molecule has 0 aliphatic carbocycles. The maximum Gasteiger partial charge on any atom is 0.327 e. The number of carbonyl (C=O) groups is 1. The highest BCUT2D eigenvalue weighted by Crippen LogP contribution is 2.15. The van der Waals surface area contributed by atoms with Crippen molar-refractivity contribution in [3.8, 4) is 0 Å². The van der Waals surface area contributed by atoms with Gasteiger partial charge >= 0.3 is 5.97 Å². The summed E-state index contributed by atoms with van der Waals surface area (Å²) in [6, 6.07) is 0. The third kappa shape index (κ3) is 1.66. The van der Waals surface area contributed by atoms with Crippen LogP contribution in [0.5, 0.6) is 0 Å². The Morgan fingerprint density at radius 1 is 1.50 bits per heavy atom. The zero-order chi connectivity index (χ0) is 11.7. The van der Waals surface area contributed by atoms with E-state index in [9.17, 15) is 4.79 Å². The zero-order valence-corrected chi connectivity index (χ0v) is 9.60. The number of hydrogen-bond donors (Lipinski definition) is 0. The fourth-order valence-corrected chi connectivity index (χ4v) is 1.66. The average molecular weight is 222 g/mol. The van der Waals surface area contributed by atoms with Gasteiger partial charge in [0, 0.05) is 6.54 Å². The Kier molecular flexibility index (Phi) is 2.64. The minimum absolute atomic E-state index is 0.133. The topological polar surface area (TPSA) is 61.9 Å². The number of hydrogen-bond acceptors (Lipinski definition) is 4. The maximum absolute atomic E-state index is 11.1. The van der Waals surface area contributed by atoms with E-state index in [4.69, 9.17) is 0 Å². The zero-order valence-electron chi connectivity index (χ0n) is 9.60. The Morgan fingerprint density at radius 2 is 2.25 bits per heavy atom. The molecule has 0 bridgehead atoms. The van der Waals surface area contributed by atoms with Crippen LogP contribution in [0.15, 0.2) is 6.20 Å². The quantitative estimate of drug-likeness (QED) is 0.718. The van der Waals surface area contributed by atoms with Gasteiger partial charge in [0.1, 0.15) is 17.6 Å². The molecular formula is C10H14N4O2. The minimum Gasteiger partial charge on any atom is -0.468 e. The number of nitrogens with zero attached hydrogens (tertiary/aromatic N) is 4. The lowest BCUT2D eigenvalue weighted by molar-refractivity contribution is -0.141. The number of ether oxygens (including phenoxy) is 1. The number of rotatable bonds is 3. The fourth-order valence-electron chi connectivity index (χ4n) is 1.66. The first kappa shape index (κ1) is 10.7. The number of methoxy groups -OCH3 is 1. The molecule has 16 heavy (non-hydrogen) atoms. The van der Waals surface area contributed by atoms with Crippen LogP contribution in [0.1, 0.15) is 12.6 Å². The highest BCUT2D eigenvalue weighted by Gasteiger charge is 2.12. The van der Waals surface area contributed by atoms with Gasteiger partial charge < -0.3 is 4.74 Å². The van der Waals surface area contributed by atoms with Gasteiger partial charge in [0.05, 0.1) is 19.0 Å². The van der Waals surface area contributed by atoms with Gasteiger partial charge in [-0.1, -0.05) is 0 Å². The third-order valence-corrected chi connectivity index (χ3v) is 2.45. The lowest BCUT2D eigenvalue weighted by atomic mass is 10.4. The van der Waals surface area contributed by atoms with E-state index >= 15 is 0 Å². The highest BCUT2D eigenvalue weighted by atomic mass is 16.5. The molecule has 2 aromatic rings. The summed E-state index contributed by atoms with van der Waals surface area (Å²) in [6.07, 6.45) is 1.82. The second kappa shape index (κ2) is 3.96. The van der Waals surface area contributed by atoms with Crippen molar-refractivity contribution in [1.82, 2.24) is 19.6 Å². The molecule has 0 fully saturated rings. The predicted octanol–water partition coefficient (Wildman–Crippen LogP) is 0.734. The SMILES string of the molecule is CCn1nc(C)c2nn(CC(=O)OC)cc21. The number of aryl methyl sites for hydroxylation is 2. The van der Waals surface area contributed by atoms with E-state index in [0.29, 0.717) is 0 Å². The number of fused-ring (bicyclic) bond motifs is 1. The smallest absolute Gasteiger partial charge is 0.327 e. The number of esters is 1. The van der Waals surface area contributed by atoms with E-state index in [1.807, 2.05) is 24.7 Å². The van der Waals surface area contributed by atoms with Crippen molar-refractivity contribution >= 4 is 17.0 Å². The van der Waals surface area contributed by atoms with Gasteiger partial charge in [-0.25, -0.2) is 0 Å². The summed E-state index contributed by atoms with van der Waals surface area (Å²) in [4.78, 5) is 11.1. The molecule has 0 radical (unpaired) electrons. The molecule has 0 spiro atoms. The Labute approximate surface area is 92.8 Å². The van der Waals surface area contributed by atoms with Crippen LogP contribution in [0.2, 0.25) is 0 Å². The molecule has 0 aromatic carbocycles. The van der Waals surface area contributed by atoms with Crippen molar-refractivity contribution < 1.29 is 9.53 Å². The van der Waals surface area contributed by atoms with Crippen LogP contribution < -0.4 is 0 Å². The summed E-state index contributed by atoms with van der Waals surface area (Å²) in [7, 11) is 1.37. The molecule has 0 aliphatic heterocycles. The predicted molar refractivity (Wildman–Crippen MR) is 57.9 cm³/mol. The van der Waals surface area contributed by atoms with Crippen molar-refractivity contribution in [1.29, 1.82) is 0 Å². The molecule has 0 saturated carbocycles. The highest BCUT2D eigenvalue weighted by molar-refractivity contribution is 5.77. The van der Waals surface area contributed by atoms with Crippen LogP contribution in [0.25, 0.3) is 11.0 Å². The summed E-state index contributed by atoms with van der Waals surface area (Å²) in [6.45, 7) is 4.84. The molecule has 0 aliphatic rings. The van der Waals surface area contributed by atoms with Crippen LogP contribution >= 0.6 is 0 Å². The molecule has 6 heteroatoms. The van der Waals surface area contributed by atoms with Gasteiger partial charge in [-0.15, -0.1) is 0 Å². The first-order chi connectivity index (χ1) is 7.65. The van der Waals surface area contributed by atoms with E-state index in [1.54, 1.807) is 4.68 Å². The van der Waals surface area contributed by atoms with Crippen molar-refractivity contribution in [2.45, 2.75) is 26.9 Å². The average Bonchev–Trinajstić information content (AvgIpc) is 2.79. The molecule has 2 aromatic heterocycles. The Balaban J connectivity index is 2.40. The Hall–Kier alpha value is -1.85. The van der Waals surface area contributed by atoms with Crippen LogP contribution in [0.4, 0.5) is 0 Å². The van der Waals surface area contributed by atoms with E-state index in [1.165, 1.54) is 7.11 Å². The van der Waals surface area contributed by atoms with E-state index < -0.39 is 0 Å². The number of carbonyl (C=O) groups excluding carboxylic acids is 1. The largest absolute Gasteiger partial charge is 0.468 e. The maximum atomic E-state index is 11.1. The van der Waals surface area contributed by atoms with E-state index in [0.717, 1.165) is 23.3 Å². The lowest BCUT2D eigenvalue weighted by Gasteiger charge is -1.99. The Bertz CT molecular complexity index is 526. The van der Waals surface area contributed by atoms with Crippen molar-refractivity contribution in [3.63, 3.8) is 0 Å². The normalized spacial score (nSPS) is 10.9. The summed E-state index contributed by atoms with van der Waals surface area (Å²) in [5.74, 6) is -0.307. The van der Waals surface area contributed by atoms with Crippen LogP contribution in [0.3, 0.4) is 0 Å². The Morgan fingerprint density at radius 3 is 2.88 bits per heavy atom. The van der Waals surface area contributed by atoms with E-state index in [2.05, 4.69) is 14.9 Å². The van der Waals surface area contributed by atoms with Crippen LogP contribution in [-0.4, -0.2) is 32.6 Å². The van der Waals surface area contributed by atoms with Gasteiger partial charge in [0.2, 0.25) is 0 Å². The molecule has 2 rings (SSSR count). The van der Waals surface area contributed by atoms with Gasteiger partial charge in [-0.2, -0.15) is 10.2 Å². The first-order valence-electron chi connectivity index (χ1n) is 5.13. The minimum atomic E-state index is -0.307. The van der Waals surface area contributed by atoms with Crippen LogP contribution in [-0.2, 0) is 22.6 Å². The molecule has 2 heterocycles. The molecule has 0 amide bonds. The van der Waals surface area contributed by atoms with Gasteiger partial charge in [-0.3, -0.25) is 14.2 Å². The molecule has 6 nitrogen and oxygen atoms in total. The third-order valence-electron chi connectivity index (χ3n) is 2.45. The summed E-state index contributed by atoms with van der Waals surface area (Å²) in [5.41, 5.74) is 2.66. The van der Waals surface area contributed by atoms with Crippen LogP contribution in [0, 0.1) is 6.92 Å². The molecular weight excluding hydrogens is 208 g/mol. The van der Waals surface area contributed by atoms with Gasteiger partial charge in [-0.05, 0) is 13.8 Å². The second-order valence-corrected chi connectivity index (χ2v) is 3.54. The molecule has 0 atom stereocenters. The molecule has 0 N–H and O–H groups in total. The summed E-state index contributed by atoms with van der Waals surface area (Å²) < 4.78 is 8.04. The standard InChI is InChI=1S/C10H14N4O2/c1-4-14-8-5-13(6-9(15)16-3)12-10(8)7(2)11-14/h5H,4,6H2,1-3H3. The van der Waals surface area contributed by atoms with Gasteiger partial charge in [0.15, 0.2) is 0 Å².